The summed E-state index contributed by atoms with van der Waals surface area (Å²) in [7, 11) is 0. The van der Waals surface area contributed by atoms with E-state index in [4.69, 9.17) is 16.3 Å². The zero-order valence-corrected chi connectivity index (χ0v) is 16.5. The average Bonchev–Trinajstić information content (AvgIpc) is 3.02. The van der Waals surface area contributed by atoms with E-state index in [0.29, 0.717) is 21.7 Å². The minimum Gasteiger partial charge on any atom is -0.440 e. The molecule has 0 N–H and O–H groups in total. The van der Waals surface area contributed by atoms with Crippen LogP contribution in [0.3, 0.4) is 0 Å². The Bertz CT molecular complexity index is 1120. The van der Waals surface area contributed by atoms with Gasteiger partial charge in [0, 0.05) is 5.02 Å². The molecule has 0 radical (unpaired) electrons. The Balaban J connectivity index is 1.57. The lowest BCUT2D eigenvalue weighted by atomic mass is 10.0. The van der Waals surface area contributed by atoms with Crippen molar-refractivity contribution in [2.75, 3.05) is 6.73 Å². The number of ether oxygens (including phenoxy) is 1. The number of fused-ring (bicyclic) bond motifs is 1. The molecule has 0 atom stereocenters. The van der Waals surface area contributed by atoms with Gasteiger partial charge in [-0.05, 0) is 41.5 Å². The molecule has 3 aromatic carbocycles. The van der Waals surface area contributed by atoms with Crippen LogP contribution in [0.5, 0.6) is 0 Å². The summed E-state index contributed by atoms with van der Waals surface area (Å²) in [5.41, 5.74) is 2.30. The number of carbonyl (C=O) groups excluding carboxylic acids is 3. The first-order valence-electron chi connectivity index (χ1n) is 9.19. The molecule has 2 amide bonds. The highest BCUT2D eigenvalue weighted by Gasteiger charge is 2.36. The molecule has 4 rings (SSSR count). The Kier molecular flexibility index (Phi) is 5.46. The number of nitrogens with zero attached hydrogens (tertiary/aromatic N) is 1. The van der Waals surface area contributed by atoms with Crippen molar-refractivity contribution >= 4 is 41.0 Å². The number of esters is 1. The molecule has 0 aromatic heterocycles. The zero-order valence-electron chi connectivity index (χ0n) is 15.7. The Morgan fingerprint density at radius 1 is 0.833 bits per heavy atom. The maximum absolute atomic E-state index is 12.9. The van der Waals surface area contributed by atoms with Crippen LogP contribution < -0.4 is 0 Å². The van der Waals surface area contributed by atoms with E-state index in [2.05, 4.69) is 0 Å². The van der Waals surface area contributed by atoms with Crippen molar-refractivity contribution in [2.45, 2.75) is 0 Å². The molecule has 0 bridgehead atoms. The molecule has 1 aliphatic rings. The second kappa shape index (κ2) is 8.35. The van der Waals surface area contributed by atoms with Crippen LogP contribution >= 0.6 is 11.6 Å². The van der Waals surface area contributed by atoms with E-state index in [-0.39, 0.29) is 5.57 Å². The molecule has 0 saturated heterocycles. The standard InChI is InChI=1S/C24H16ClNO4/c25-18-12-10-17(11-13-18)21(14-16-6-2-1-3-7-16)24(29)30-15-26-22(27)19-8-4-5-9-20(19)23(26)28/h1-14H,15H2/b21-14+. The molecule has 0 spiro atoms. The summed E-state index contributed by atoms with van der Waals surface area (Å²) >= 11 is 5.96. The minimum atomic E-state index is -0.655. The number of carbonyl (C=O) groups is 3. The second-order valence-electron chi connectivity index (χ2n) is 6.62. The Morgan fingerprint density at radius 3 is 2.00 bits per heavy atom. The highest BCUT2D eigenvalue weighted by molar-refractivity contribution is 6.30. The van der Waals surface area contributed by atoms with Gasteiger partial charge in [0.05, 0.1) is 16.7 Å². The van der Waals surface area contributed by atoms with E-state index in [0.717, 1.165) is 10.5 Å². The second-order valence-corrected chi connectivity index (χ2v) is 7.06. The molecule has 0 aliphatic carbocycles. The first kappa shape index (κ1) is 19.6. The van der Waals surface area contributed by atoms with Crippen molar-refractivity contribution in [2.24, 2.45) is 0 Å². The van der Waals surface area contributed by atoms with Crippen molar-refractivity contribution in [3.8, 4) is 0 Å². The van der Waals surface area contributed by atoms with E-state index in [1.165, 1.54) is 0 Å². The largest absolute Gasteiger partial charge is 0.440 e. The summed E-state index contributed by atoms with van der Waals surface area (Å²) in [4.78, 5) is 38.8. The van der Waals surface area contributed by atoms with E-state index in [9.17, 15) is 14.4 Å². The quantitative estimate of drug-likeness (QED) is 0.262. The number of hydrogen-bond donors (Lipinski definition) is 0. The zero-order chi connectivity index (χ0) is 21.1. The highest BCUT2D eigenvalue weighted by Crippen LogP contribution is 2.25. The van der Waals surface area contributed by atoms with Gasteiger partial charge in [-0.25, -0.2) is 9.69 Å². The van der Waals surface area contributed by atoms with Crippen LogP contribution in [0.4, 0.5) is 0 Å². The molecule has 0 saturated carbocycles. The third kappa shape index (κ3) is 3.88. The third-order valence-electron chi connectivity index (χ3n) is 4.69. The molecule has 148 valence electrons. The maximum atomic E-state index is 12.9. The minimum absolute atomic E-state index is 0.287. The number of hydrogen-bond acceptors (Lipinski definition) is 4. The number of benzene rings is 3. The number of rotatable bonds is 5. The predicted octanol–water partition coefficient (Wildman–Crippen LogP) is 4.68. The molecular formula is C24H16ClNO4. The molecule has 30 heavy (non-hydrogen) atoms. The van der Waals surface area contributed by atoms with E-state index in [1.54, 1.807) is 54.6 Å². The number of imide groups is 1. The lowest BCUT2D eigenvalue weighted by Gasteiger charge is -2.15. The molecule has 1 aliphatic heterocycles. The van der Waals surface area contributed by atoms with Crippen LogP contribution in [0.2, 0.25) is 5.02 Å². The molecule has 3 aromatic rings. The number of halogens is 1. The van der Waals surface area contributed by atoms with Crippen LogP contribution in [0.25, 0.3) is 11.6 Å². The maximum Gasteiger partial charge on any atom is 0.340 e. The molecule has 0 unspecified atom stereocenters. The summed E-state index contributed by atoms with van der Waals surface area (Å²) in [6.07, 6.45) is 1.69. The monoisotopic (exact) mass is 417 g/mol. The van der Waals surface area contributed by atoms with Crippen molar-refractivity contribution < 1.29 is 19.1 Å². The Hall–Kier alpha value is -3.70. The molecule has 1 heterocycles. The van der Waals surface area contributed by atoms with Gasteiger partial charge in [-0.15, -0.1) is 0 Å². The first-order valence-corrected chi connectivity index (χ1v) is 9.57. The van der Waals surface area contributed by atoms with Gasteiger partial charge in [0.1, 0.15) is 0 Å². The van der Waals surface area contributed by atoms with Crippen molar-refractivity contribution in [3.63, 3.8) is 0 Å². The highest BCUT2D eigenvalue weighted by atomic mass is 35.5. The Morgan fingerprint density at radius 2 is 1.40 bits per heavy atom. The molecule has 0 fully saturated rings. The van der Waals surface area contributed by atoms with E-state index in [1.807, 2.05) is 30.3 Å². The molecular weight excluding hydrogens is 402 g/mol. The topological polar surface area (TPSA) is 63.7 Å². The van der Waals surface area contributed by atoms with Gasteiger partial charge >= 0.3 is 5.97 Å². The Labute approximate surface area is 178 Å². The van der Waals surface area contributed by atoms with Crippen molar-refractivity contribution in [1.82, 2.24) is 4.90 Å². The summed E-state index contributed by atoms with van der Waals surface area (Å²) in [6, 6.07) is 22.6. The lowest BCUT2D eigenvalue weighted by Crippen LogP contribution is -2.33. The molecule has 6 heteroatoms. The van der Waals surface area contributed by atoms with Crippen molar-refractivity contribution in [3.05, 3.63) is 106 Å². The SMILES string of the molecule is O=C(OCN1C(=O)c2ccccc2C1=O)/C(=C/c1ccccc1)c1ccc(Cl)cc1. The van der Waals surface area contributed by atoms with Gasteiger partial charge in [0.2, 0.25) is 0 Å². The van der Waals surface area contributed by atoms with Gasteiger partial charge < -0.3 is 4.74 Å². The first-order chi connectivity index (χ1) is 14.5. The summed E-state index contributed by atoms with van der Waals surface area (Å²) in [6.45, 7) is -0.467. The smallest absolute Gasteiger partial charge is 0.340 e. The van der Waals surface area contributed by atoms with Crippen molar-refractivity contribution in [1.29, 1.82) is 0 Å². The van der Waals surface area contributed by atoms with Crippen LogP contribution in [-0.4, -0.2) is 29.4 Å². The number of amides is 2. The predicted molar refractivity (Wildman–Crippen MR) is 114 cm³/mol. The molecule has 5 nitrogen and oxygen atoms in total. The average molecular weight is 418 g/mol. The van der Waals surface area contributed by atoms with Gasteiger partial charge in [0.25, 0.3) is 11.8 Å². The fraction of sp³-hybridized carbons (Fsp3) is 0.0417. The van der Waals surface area contributed by atoms with Gasteiger partial charge in [-0.3, -0.25) is 9.59 Å². The van der Waals surface area contributed by atoms with E-state index >= 15 is 0 Å². The summed E-state index contributed by atoms with van der Waals surface area (Å²) in [5, 5.41) is 0.539. The lowest BCUT2D eigenvalue weighted by molar-refractivity contribution is -0.139. The summed E-state index contributed by atoms with van der Waals surface area (Å²) in [5.74, 6) is -1.62. The van der Waals surface area contributed by atoms with E-state index < -0.39 is 24.5 Å². The van der Waals surface area contributed by atoms with Gasteiger partial charge in [0.15, 0.2) is 6.73 Å². The van der Waals surface area contributed by atoms with Crippen LogP contribution in [-0.2, 0) is 9.53 Å². The fourth-order valence-corrected chi connectivity index (χ4v) is 3.29. The van der Waals surface area contributed by atoms with Gasteiger partial charge in [-0.1, -0.05) is 66.2 Å². The fourth-order valence-electron chi connectivity index (χ4n) is 3.16. The summed E-state index contributed by atoms with van der Waals surface area (Å²) < 4.78 is 5.36. The van der Waals surface area contributed by atoms with Crippen LogP contribution in [0, 0.1) is 0 Å². The van der Waals surface area contributed by atoms with Crippen LogP contribution in [0.15, 0.2) is 78.9 Å². The van der Waals surface area contributed by atoms with Gasteiger partial charge in [-0.2, -0.15) is 0 Å². The van der Waals surface area contributed by atoms with Crippen LogP contribution in [0.1, 0.15) is 31.8 Å². The third-order valence-corrected chi connectivity index (χ3v) is 4.94. The normalized spacial score (nSPS) is 13.4.